The Kier molecular flexibility index (Phi) is 1.40. The number of rotatable bonds is 0. The van der Waals surface area contributed by atoms with Crippen molar-refractivity contribution in [2.75, 3.05) is 0 Å². The standard InChI is InChI=1S/C10H14/c1-8-6-7-9-4-2-3-5-10(8)9/h2-5,8-10H,6-7H2,1H3/t8-,9?,10?/m1/s1. The summed E-state index contributed by atoms with van der Waals surface area (Å²) in [5.74, 6) is 2.66. The zero-order valence-electron chi connectivity index (χ0n) is 6.46. The lowest BCUT2D eigenvalue weighted by molar-refractivity contribution is 0.451. The highest BCUT2D eigenvalue weighted by Gasteiger charge is 2.30. The van der Waals surface area contributed by atoms with Crippen LogP contribution in [-0.4, -0.2) is 0 Å². The van der Waals surface area contributed by atoms with Crippen molar-refractivity contribution >= 4 is 0 Å². The second kappa shape index (κ2) is 2.26. The maximum Gasteiger partial charge on any atom is -0.0142 e. The molecule has 0 radical (unpaired) electrons. The second-order valence-corrected chi connectivity index (χ2v) is 3.57. The second-order valence-electron chi connectivity index (χ2n) is 3.57. The first-order valence-corrected chi connectivity index (χ1v) is 4.23. The summed E-state index contributed by atoms with van der Waals surface area (Å²) in [5, 5.41) is 0. The molecule has 0 aromatic carbocycles. The Bertz CT molecular complexity index is 176. The minimum absolute atomic E-state index is 0.866. The molecule has 0 saturated heterocycles. The van der Waals surface area contributed by atoms with Crippen molar-refractivity contribution in [3.8, 4) is 0 Å². The van der Waals surface area contributed by atoms with Crippen LogP contribution in [0.15, 0.2) is 24.3 Å². The van der Waals surface area contributed by atoms with Crippen molar-refractivity contribution in [1.29, 1.82) is 0 Å². The molecule has 0 aliphatic heterocycles. The summed E-state index contributed by atoms with van der Waals surface area (Å²) in [5.41, 5.74) is 0. The molecule has 3 atom stereocenters. The van der Waals surface area contributed by atoms with Gasteiger partial charge >= 0.3 is 0 Å². The molecule has 0 heterocycles. The molecule has 0 aromatic rings. The average Bonchev–Trinajstić information content (AvgIpc) is 2.34. The van der Waals surface area contributed by atoms with Gasteiger partial charge in [-0.1, -0.05) is 31.2 Å². The maximum absolute atomic E-state index is 2.38. The van der Waals surface area contributed by atoms with Gasteiger partial charge in [0.15, 0.2) is 0 Å². The summed E-state index contributed by atoms with van der Waals surface area (Å²) < 4.78 is 0. The van der Waals surface area contributed by atoms with E-state index in [9.17, 15) is 0 Å². The quantitative estimate of drug-likeness (QED) is 0.478. The van der Waals surface area contributed by atoms with Crippen LogP contribution in [0.25, 0.3) is 0 Å². The smallest absolute Gasteiger partial charge is 0.0142 e. The Morgan fingerprint density at radius 2 is 1.90 bits per heavy atom. The first-order valence-electron chi connectivity index (χ1n) is 4.23. The summed E-state index contributed by atoms with van der Waals surface area (Å²) in [6.07, 6.45) is 12.0. The number of allylic oxidation sites excluding steroid dienone is 4. The largest absolute Gasteiger partial charge is 0.0808 e. The molecule has 0 aromatic heterocycles. The third-order valence-electron chi connectivity index (χ3n) is 2.91. The molecule has 1 fully saturated rings. The predicted octanol–water partition coefficient (Wildman–Crippen LogP) is 2.77. The van der Waals surface area contributed by atoms with E-state index in [1.807, 2.05) is 0 Å². The fourth-order valence-electron chi connectivity index (χ4n) is 2.22. The van der Waals surface area contributed by atoms with Gasteiger partial charge in [0.1, 0.15) is 0 Å². The maximum atomic E-state index is 2.38. The number of fused-ring (bicyclic) bond motifs is 1. The topological polar surface area (TPSA) is 0 Å². The van der Waals surface area contributed by atoms with Gasteiger partial charge in [-0.05, 0) is 30.6 Å². The van der Waals surface area contributed by atoms with Gasteiger partial charge in [0, 0.05) is 0 Å². The normalized spacial score (nSPS) is 43.9. The molecule has 2 rings (SSSR count). The van der Waals surface area contributed by atoms with Crippen molar-refractivity contribution in [2.24, 2.45) is 17.8 Å². The van der Waals surface area contributed by atoms with E-state index in [1.54, 1.807) is 0 Å². The lowest BCUT2D eigenvalue weighted by Crippen LogP contribution is -2.09. The molecule has 54 valence electrons. The SMILES string of the molecule is C[C@@H]1CCC2C=CC=CC21. The van der Waals surface area contributed by atoms with Crippen LogP contribution in [0.1, 0.15) is 19.8 Å². The van der Waals surface area contributed by atoms with Gasteiger partial charge in [-0.2, -0.15) is 0 Å². The lowest BCUT2D eigenvalue weighted by atomic mass is 9.87. The zero-order valence-corrected chi connectivity index (χ0v) is 6.46. The van der Waals surface area contributed by atoms with Crippen molar-refractivity contribution in [3.63, 3.8) is 0 Å². The van der Waals surface area contributed by atoms with E-state index in [2.05, 4.69) is 31.2 Å². The summed E-state index contributed by atoms with van der Waals surface area (Å²) in [7, 11) is 0. The fraction of sp³-hybridized carbons (Fsp3) is 0.600. The van der Waals surface area contributed by atoms with Crippen LogP contribution in [0.3, 0.4) is 0 Å². The molecule has 0 heteroatoms. The highest BCUT2D eigenvalue weighted by Crippen LogP contribution is 2.39. The molecule has 2 aliphatic rings. The summed E-state index contributed by atoms with van der Waals surface area (Å²) in [6, 6.07) is 0. The Labute approximate surface area is 62.6 Å². The van der Waals surface area contributed by atoms with Crippen LogP contribution in [-0.2, 0) is 0 Å². The highest BCUT2D eigenvalue weighted by atomic mass is 14.3. The first-order chi connectivity index (χ1) is 4.88. The molecule has 10 heavy (non-hydrogen) atoms. The molecule has 0 N–H and O–H groups in total. The first kappa shape index (κ1) is 6.21. The summed E-state index contributed by atoms with van der Waals surface area (Å²) >= 11 is 0. The molecule has 2 unspecified atom stereocenters. The average molecular weight is 134 g/mol. The minimum Gasteiger partial charge on any atom is -0.0808 e. The Balaban J connectivity index is 2.19. The Morgan fingerprint density at radius 1 is 1.10 bits per heavy atom. The molecule has 0 amide bonds. The predicted molar refractivity (Wildman–Crippen MR) is 43.7 cm³/mol. The van der Waals surface area contributed by atoms with E-state index >= 15 is 0 Å². The van der Waals surface area contributed by atoms with Gasteiger partial charge in [0.25, 0.3) is 0 Å². The molecule has 2 aliphatic carbocycles. The molecule has 1 saturated carbocycles. The highest BCUT2D eigenvalue weighted by molar-refractivity contribution is 5.16. The zero-order chi connectivity index (χ0) is 6.97. The fourth-order valence-corrected chi connectivity index (χ4v) is 2.22. The molecular weight excluding hydrogens is 120 g/mol. The van der Waals surface area contributed by atoms with E-state index in [4.69, 9.17) is 0 Å². The summed E-state index contributed by atoms with van der Waals surface area (Å²) in [6.45, 7) is 2.37. The lowest BCUT2D eigenvalue weighted by Gasteiger charge is -2.18. The molecular formula is C10H14. The van der Waals surface area contributed by atoms with Crippen molar-refractivity contribution in [2.45, 2.75) is 19.8 Å². The van der Waals surface area contributed by atoms with Crippen LogP contribution >= 0.6 is 0 Å². The van der Waals surface area contributed by atoms with E-state index in [1.165, 1.54) is 12.8 Å². The minimum atomic E-state index is 0.866. The Morgan fingerprint density at radius 3 is 2.70 bits per heavy atom. The van der Waals surface area contributed by atoms with Gasteiger partial charge in [0.2, 0.25) is 0 Å². The Hall–Kier alpha value is -0.520. The van der Waals surface area contributed by atoms with E-state index in [0.717, 1.165) is 17.8 Å². The van der Waals surface area contributed by atoms with Gasteiger partial charge in [-0.15, -0.1) is 0 Å². The van der Waals surface area contributed by atoms with E-state index in [-0.39, 0.29) is 0 Å². The van der Waals surface area contributed by atoms with E-state index < -0.39 is 0 Å². The van der Waals surface area contributed by atoms with Gasteiger partial charge in [-0.3, -0.25) is 0 Å². The van der Waals surface area contributed by atoms with Crippen LogP contribution in [0, 0.1) is 17.8 Å². The third-order valence-corrected chi connectivity index (χ3v) is 2.91. The van der Waals surface area contributed by atoms with Crippen molar-refractivity contribution < 1.29 is 0 Å². The molecule has 0 bridgehead atoms. The number of hydrogen-bond donors (Lipinski definition) is 0. The van der Waals surface area contributed by atoms with Crippen LogP contribution in [0.4, 0.5) is 0 Å². The van der Waals surface area contributed by atoms with Crippen molar-refractivity contribution in [3.05, 3.63) is 24.3 Å². The van der Waals surface area contributed by atoms with Crippen LogP contribution in [0.5, 0.6) is 0 Å². The van der Waals surface area contributed by atoms with Crippen molar-refractivity contribution in [1.82, 2.24) is 0 Å². The summed E-state index contributed by atoms with van der Waals surface area (Å²) in [4.78, 5) is 0. The van der Waals surface area contributed by atoms with Crippen LogP contribution < -0.4 is 0 Å². The van der Waals surface area contributed by atoms with Gasteiger partial charge < -0.3 is 0 Å². The number of hydrogen-bond acceptors (Lipinski definition) is 0. The van der Waals surface area contributed by atoms with Gasteiger partial charge in [0.05, 0.1) is 0 Å². The molecule has 0 nitrogen and oxygen atoms in total. The molecule has 0 spiro atoms. The third kappa shape index (κ3) is 0.828. The van der Waals surface area contributed by atoms with Gasteiger partial charge in [-0.25, -0.2) is 0 Å². The van der Waals surface area contributed by atoms with Crippen LogP contribution in [0.2, 0.25) is 0 Å². The monoisotopic (exact) mass is 134 g/mol. The van der Waals surface area contributed by atoms with E-state index in [0.29, 0.717) is 0 Å².